The first-order valence-corrected chi connectivity index (χ1v) is 9.29. The van der Waals surface area contributed by atoms with Gasteiger partial charge in [-0.1, -0.05) is 0 Å². The lowest BCUT2D eigenvalue weighted by molar-refractivity contribution is -0.0128. The van der Waals surface area contributed by atoms with Crippen molar-refractivity contribution in [3.63, 3.8) is 0 Å². The van der Waals surface area contributed by atoms with Crippen LogP contribution in [-0.2, 0) is 9.47 Å². The molecule has 134 valence electrons. The molecule has 2 amide bonds. The normalized spacial score (nSPS) is 26.9. The minimum Gasteiger partial charge on any atom is -0.389 e. The van der Waals surface area contributed by atoms with Crippen LogP contribution in [0.5, 0.6) is 0 Å². The van der Waals surface area contributed by atoms with Gasteiger partial charge in [-0.3, -0.25) is 4.90 Å². The van der Waals surface area contributed by atoms with Crippen LogP contribution in [0.1, 0.15) is 6.42 Å². The molecule has 2 heterocycles. The Kier molecular flexibility index (Phi) is 7.42. The Hall–Kier alpha value is -0.540. The van der Waals surface area contributed by atoms with Gasteiger partial charge in [0.05, 0.1) is 32.5 Å². The average Bonchev–Trinajstić information content (AvgIpc) is 3.03. The predicted octanol–water partition coefficient (Wildman–Crippen LogP) is -0.157. The van der Waals surface area contributed by atoms with Crippen molar-refractivity contribution in [2.45, 2.75) is 18.1 Å². The van der Waals surface area contributed by atoms with Crippen molar-refractivity contribution < 1.29 is 19.4 Å². The zero-order chi connectivity index (χ0) is 16.7. The summed E-state index contributed by atoms with van der Waals surface area (Å²) in [4.78, 5) is 16.3. The quantitative estimate of drug-likeness (QED) is 0.667. The number of hydrogen-bond donors (Lipinski definition) is 2. The van der Waals surface area contributed by atoms with E-state index in [1.54, 1.807) is 7.05 Å². The van der Waals surface area contributed by atoms with Gasteiger partial charge >= 0.3 is 6.03 Å². The van der Waals surface area contributed by atoms with Crippen LogP contribution in [0, 0.1) is 0 Å². The van der Waals surface area contributed by atoms with E-state index < -0.39 is 6.10 Å². The third-order valence-corrected chi connectivity index (χ3v) is 5.76. The van der Waals surface area contributed by atoms with Crippen molar-refractivity contribution in [2.24, 2.45) is 0 Å². The van der Waals surface area contributed by atoms with E-state index >= 15 is 0 Å². The third-order valence-electron chi connectivity index (χ3n) is 4.52. The highest BCUT2D eigenvalue weighted by atomic mass is 32.2. The minimum atomic E-state index is -0.661. The monoisotopic (exact) mass is 347 g/mol. The summed E-state index contributed by atoms with van der Waals surface area (Å²) in [5.74, 6) is 2.18. The van der Waals surface area contributed by atoms with Gasteiger partial charge in [0.1, 0.15) is 0 Å². The summed E-state index contributed by atoms with van der Waals surface area (Å²) in [6.45, 7) is 4.53. The first-order chi connectivity index (χ1) is 11.1. The molecule has 0 aromatic rings. The number of amides is 2. The lowest BCUT2D eigenvalue weighted by Gasteiger charge is -2.43. The summed E-state index contributed by atoms with van der Waals surface area (Å²) in [5, 5.41) is 12.8. The van der Waals surface area contributed by atoms with Crippen LogP contribution in [0.25, 0.3) is 0 Å². The summed E-state index contributed by atoms with van der Waals surface area (Å²) in [7, 11) is 3.23. The highest BCUT2D eigenvalue weighted by Crippen LogP contribution is 2.33. The number of hydrogen-bond acceptors (Lipinski definition) is 6. The van der Waals surface area contributed by atoms with E-state index in [1.807, 2.05) is 11.8 Å². The zero-order valence-corrected chi connectivity index (χ0v) is 14.9. The van der Waals surface area contributed by atoms with E-state index in [0.29, 0.717) is 6.54 Å². The molecular weight excluding hydrogens is 318 g/mol. The smallest absolute Gasteiger partial charge is 0.317 e. The fourth-order valence-corrected chi connectivity index (χ4v) is 4.63. The predicted molar refractivity (Wildman–Crippen MR) is 91.0 cm³/mol. The van der Waals surface area contributed by atoms with E-state index in [-0.39, 0.29) is 24.7 Å². The fourth-order valence-electron chi connectivity index (χ4n) is 3.15. The molecule has 2 aliphatic rings. The van der Waals surface area contributed by atoms with Crippen LogP contribution in [-0.4, -0.2) is 104 Å². The van der Waals surface area contributed by atoms with E-state index in [4.69, 9.17) is 9.47 Å². The number of carbonyl (C=O) groups is 1. The molecular formula is C15H29N3O4S. The summed E-state index contributed by atoms with van der Waals surface area (Å²) in [6.07, 6.45) is 0.430. The van der Waals surface area contributed by atoms with Gasteiger partial charge in [-0.15, -0.1) is 0 Å². The van der Waals surface area contributed by atoms with Crippen molar-refractivity contribution in [3.05, 3.63) is 0 Å². The summed E-state index contributed by atoms with van der Waals surface area (Å²) in [5.41, 5.74) is 0.0378. The SMILES string of the molecule is COC[C@H](O)CN(C)C(=O)NC[C@@]1(N2CCOCC2)CCSC1. The lowest BCUT2D eigenvalue weighted by Crippen LogP contribution is -2.60. The summed E-state index contributed by atoms with van der Waals surface area (Å²) < 4.78 is 10.3. The standard InChI is InChI=1S/C15H29N3O4S/c1-17(9-13(19)10-21-2)14(20)16-11-15(3-8-23-12-15)18-4-6-22-7-5-18/h13,19H,3-12H2,1-2H3,(H,16,20)/t13-,15+/m1/s1. The number of rotatable bonds is 7. The van der Waals surface area contributed by atoms with Crippen molar-refractivity contribution in [2.75, 3.05) is 71.7 Å². The second-order valence-electron chi connectivity index (χ2n) is 6.27. The van der Waals surface area contributed by atoms with Crippen molar-refractivity contribution >= 4 is 17.8 Å². The highest BCUT2D eigenvalue weighted by Gasteiger charge is 2.41. The number of aliphatic hydroxyl groups excluding tert-OH is 1. The number of nitrogens with one attached hydrogen (secondary N) is 1. The molecule has 2 atom stereocenters. The van der Waals surface area contributed by atoms with E-state index in [2.05, 4.69) is 10.2 Å². The van der Waals surface area contributed by atoms with Crippen LogP contribution >= 0.6 is 11.8 Å². The topological polar surface area (TPSA) is 74.3 Å². The van der Waals surface area contributed by atoms with Gasteiger partial charge < -0.3 is 24.8 Å². The van der Waals surface area contributed by atoms with Gasteiger partial charge in [-0.25, -0.2) is 4.79 Å². The maximum absolute atomic E-state index is 12.3. The van der Waals surface area contributed by atoms with Gasteiger partial charge in [0.25, 0.3) is 0 Å². The molecule has 0 radical (unpaired) electrons. The third kappa shape index (κ3) is 5.22. The lowest BCUT2D eigenvalue weighted by atomic mass is 9.95. The largest absolute Gasteiger partial charge is 0.389 e. The molecule has 0 bridgehead atoms. The first-order valence-electron chi connectivity index (χ1n) is 8.14. The van der Waals surface area contributed by atoms with Gasteiger partial charge in [-0.05, 0) is 12.2 Å². The molecule has 2 fully saturated rings. The Labute approximate surface area is 142 Å². The Morgan fingerprint density at radius 2 is 2.26 bits per heavy atom. The Morgan fingerprint density at radius 1 is 1.52 bits per heavy atom. The number of likely N-dealkylation sites (N-methyl/N-ethyl adjacent to an activating group) is 1. The maximum Gasteiger partial charge on any atom is 0.317 e. The van der Waals surface area contributed by atoms with Crippen molar-refractivity contribution in [3.8, 4) is 0 Å². The molecule has 7 nitrogen and oxygen atoms in total. The maximum atomic E-state index is 12.3. The molecule has 2 N–H and O–H groups in total. The van der Waals surface area contributed by atoms with Crippen molar-refractivity contribution in [1.29, 1.82) is 0 Å². The molecule has 0 aromatic carbocycles. The molecule has 0 saturated carbocycles. The summed E-state index contributed by atoms with van der Waals surface area (Å²) in [6, 6.07) is -0.148. The summed E-state index contributed by atoms with van der Waals surface area (Å²) >= 11 is 1.95. The van der Waals surface area contributed by atoms with Crippen LogP contribution in [0.3, 0.4) is 0 Å². The molecule has 0 spiro atoms. The molecule has 2 rings (SSSR count). The first kappa shape index (κ1) is 18.8. The zero-order valence-electron chi connectivity index (χ0n) is 14.1. The second kappa shape index (κ2) is 9.08. The molecule has 0 aliphatic carbocycles. The molecule has 23 heavy (non-hydrogen) atoms. The number of carbonyl (C=O) groups excluding carboxylic acids is 1. The van der Waals surface area contributed by atoms with Crippen LogP contribution in [0.4, 0.5) is 4.79 Å². The minimum absolute atomic E-state index is 0.0378. The number of methoxy groups -OCH3 is 1. The molecule has 2 saturated heterocycles. The number of nitrogens with zero attached hydrogens (tertiary/aromatic N) is 2. The molecule has 0 unspecified atom stereocenters. The highest BCUT2D eigenvalue weighted by molar-refractivity contribution is 7.99. The van der Waals surface area contributed by atoms with Gasteiger partial charge in [-0.2, -0.15) is 11.8 Å². The van der Waals surface area contributed by atoms with Gasteiger partial charge in [0, 0.05) is 45.1 Å². The number of ether oxygens (including phenoxy) is 2. The van der Waals surface area contributed by atoms with E-state index in [1.165, 1.54) is 12.0 Å². The van der Waals surface area contributed by atoms with Crippen molar-refractivity contribution in [1.82, 2.24) is 15.1 Å². The van der Waals surface area contributed by atoms with Crippen LogP contribution < -0.4 is 5.32 Å². The second-order valence-corrected chi connectivity index (χ2v) is 7.38. The fraction of sp³-hybridized carbons (Fsp3) is 0.933. The Balaban J connectivity index is 1.84. The van der Waals surface area contributed by atoms with Gasteiger partial charge in [0.15, 0.2) is 0 Å². The number of morpholine rings is 1. The molecule has 0 aromatic heterocycles. The van der Waals surface area contributed by atoms with Crippen LogP contribution in [0.2, 0.25) is 0 Å². The number of thioether (sulfide) groups is 1. The Morgan fingerprint density at radius 3 is 2.87 bits per heavy atom. The average molecular weight is 347 g/mol. The van der Waals surface area contributed by atoms with E-state index in [9.17, 15) is 9.90 Å². The van der Waals surface area contributed by atoms with Gasteiger partial charge in [0.2, 0.25) is 0 Å². The number of aliphatic hydroxyl groups is 1. The number of urea groups is 1. The Bertz CT molecular complexity index is 374. The molecule has 2 aliphatic heterocycles. The van der Waals surface area contributed by atoms with Crippen LogP contribution in [0.15, 0.2) is 0 Å². The molecule has 8 heteroatoms. The van der Waals surface area contributed by atoms with E-state index in [0.717, 1.165) is 44.2 Å².